The first-order valence-electron chi connectivity index (χ1n) is 4.63. The van der Waals surface area contributed by atoms with Crippen LogP contribution in [0.25, 0.3) is 5.57 Å². The molecule has 18 heavy (non-hydrogen) atoms. The van der Waals surface area contributed by atoms with E-state index in [4.69, 9.17) is 16.2 Å². The van der Waals surface area contributed by atoms with E-state index in [9.17, 15) is 18.0 Å². The van der Waals surface area contributed by atoms with Crippen LogP contribution in [0.3, 0.4) is 0 Å². The van der Waals surface area contributed by atoms with Crippen molar-refractivity contribution < 1.29 is 22.6 Å². The fraction of sp³-hybridized carbons (Fsp3) is 0. The molecular weight excluding hydrogens is 282 g/mol. The highest BCUT2D eigenvalue weighted by atomic mass is 35.5. The predicted octanol–water partition coefficient (Wildman–Crippen LogP) is 0.627. The minimum Gasteiger partial charge on any atom is -0.289 e. The molecule has 94 valence electrons. The summed E-state index contributed by atoms with van der Waals surface area (Å²) in [5, 5.41) is 2.06. The van der Waals surface area contributed by atoms with Crippen LogP contribution in [0.4, 0.5) is 0 Å². The molecular formula is C10H6ClNO5S. The minimum atomic E-state index is -4.55. The number of imide groups is 1. The van der Waals surface area contributed by atoms with E-state index in [0.717, 1.165) is 12.1 Å². The number of nitrogens with one attached hydrogen (secondary N) is 1. The summed E-state index contributed by atoms with van der Waals surface area (Å²) in [5.41, 5.74) is -0.213. The average Bonchev–Trinajstić information content (AvgIpc) is 2.56. The predicted molar refractivity (Wildman–Crippen MR) is 62.4 cm³/mol. The molecule has 0 saturated heterocycles. The van der Waals surface area contributed by atoms with Gasteiger partial charge in [0.05, 0.1) is 5.57 Å². The Labute approximate surface area is 107 Å². The first kappa shape index (κ1) is 12.7. The zero-order valence-electron chi connectivity index (χ0n) is 8.68. The van der Waals surface area contributed by atoms with Crippen molar-refractivity contribution >= 4 is 39.1 Å². The topological polar surface area (TPSA) is 101 Å². The van der Waals surface area contributed by atoms with Crippen molar-refractivity contribution in [3.63, 3.8) is 0 Å². The molecule has 0 aliphatic carbocycles. The molecule has 1 aromatic rings. The van der Waals surface area contributed by atoms with Crippen LogP contribution in [0.15, 0.2) is 29.2 Å². The van der Waals surface area contributed by atoms with Crippen LogP contribution < -0.4 is 5.32 Å². The van der Waals surface area contributed by atoms with Gasteiger partial charge in [0.25, 0.3) is 21.9 Å². The Morgan fingerprint density at radius 3 is 2.39 bits per heavy atom. The van der Waals surface area contributed by atoms with Gasteiger partial charge in [-0.1, -0.05) is 17.7 Å². The van der Waals surface area contributed by atoms with Crippen molar-refractivity contribution in [1.29, 1.82) is 0 Å². The highest BCUT2D eigenvalue weighted by Crippen LogP contribution is 2.28. The van der Waals surface area contributed by atoms with Crippen molar-refractivity contribution in [1.82, 2.24) is 5.32 Å². The number of amides is 2. The third kappa shape index (κ3) is 2.28. The summed E-state index contributed by atoms with van der Waals surface area (Å²) in [5.74, 6) is -1.38. The zero-order valence-corrected chi connectivity index (χ0v) is 10.2. The number of rotatable bonds is 2. The normalized spacial score (nSPS) is 15.6. The molecule has 6 nitrogen and oxygen atoms in total. The largest absolute Gasteiger partial charge is 0.295 e. The van der Waals surface area contributed by atoms with Gasteiger partial charge in [0, 0.05) is 16.7 Å². The summed E-state index contributed by atoms with van der Waals surface area (Å²) in [4.78, 5) is 21.9. The number of carbonyl (C=O) groups excluding carboxylic acids is 2. The smallest absolute Gasteiger partial charge is 0.289 e. The summed E-state index contributed by atoms with van der Waals surface area (Å²) in [6, 6.07) is 3.60. The van der Waals surface area contributed by atoms with Gasteiger partial charge in [0.2, 0.25) is 0 Å². The molecule has 0 atom stereocenters. The average molecular weight is 288 g/mol. The fourth-order valence-electron chi connectivity index (χ4n) is 1.54. The van der Waals surface area contributed by atoms with Gasteiger partial charge in [-0.25, -0.2) is 0 Å². The summed E-state index contributed by atoms with van der Waals surface area (Å²) in [7, 11) is -4.55. The van der Waals surface area contributed by atoms with Crippen LogP contribution >= 0.6 is 11.6 Å². The van der Waals surface area contributed by atoms with E-state index in [0.29, 0.717) is 0 Å². The van der Waals surface area contributed by atoms with Gasteiger partial charge in [-0.05, 0) is 12.1 Å². The third-order valence-electron chi connectivity index (χ3n) is 2.27. The number of hydrogen-bond donors (Lipinski definition) is 2. The second kappa shape index (κ2) is 4.20. The number of benzene rings is 1. The van der Waals surface area contributed by atoms with Gasteiger partial charge in [-0.15, -0.1) is 0 Å². The van der Waals surface area contributed by atoms with Crippen LogP contribution in [0.2, 0.25) is 5.02 Å². The quantitative estimate of drug-likeness (QED) is 0.614. The summed E-state index contributed by atoms with van der Waals surface area (Å²) in [6.07, 6.45) is 0.959. The maximum Gasteiger partial charge on any atom is 0.295 e. The van der Waals surface area contributed by atoms with Gasteiger partial charge in [0.1, 0.15) is 4.90 Å². The molecule has 2 rings (SSSR count). The van der Waals surface area contributed by atoms with E-state index in [1.54, 1.807) is 0 Å². The Bertz CT molecular complexity index is 692. The molecule has 0 spiro atoms. The standard InChI is InChI=1S/C10H6ClNO5S/c11-5-1-2-6(8(3-5)18(15,16)17)7-4-9(13)12-10(7)14/h1-4H,(H,12,13,14)(H,15,16,17). The molecule has 2 N–H and O–H groups in total. The Hall–Kier alpha value is -1.70. The number of halogens is 1. The molecule has 0 aromatic heterocycles. The second-order valence-corrected chi connectivity index (χ2v) is 5.32. The van der Waals surface area contributed by atoms with Crippen LogP contribution in [0, 0.1) is 0 Å². The molecule has 0 radical (unpaired) electrons. The van der Waals surface area contributed by atoms with E-state index in [2.05, 4.69) is 0 Å². The number of carbonyl (C=O) groups is 2. The van der Waals surface area contributed by atoms with Gasteiger partial charge in [-0.3, -0.25) is 19.5 Å². The van der Waals surface area contributed by atoms with Gasteiger partial charge >= 0.3 is 0 Å². The van der Waals surface area contributed by atoms with E-state index in [1.807, 2.05) is 5.32 Å². The highest BCUT2D eigenvalue weighted by Gasteiger charge is 2.27. The molecule has 2 amide bonds. The molecule has 1 aromatic carbocycles. The molecule has 0 unspecified atom stereocenters. The first-order chi connectivity index (χ1) is 8.29. The van der Waals surface area contributed by atoms with Gasteiger partial charge in [-0.2, -0.15) is 8.42 Å². The van der Waals surface area contributed by atoms with E-state index in [1.165, 1.54) is 12.1 Å². The highest BCUT2D eigenvalue weighted by molar-refractivity contribution is 7.86. The zero-order chi connectivity index (χ0) is 13.5. The van der Waals surface area contributed by atoms with Gasteiger partial charge in [0.15, 0.2) is 0 Å². The molecule has 0 fully saturated rings. The molecule has 0 bridgehead atoms. The monoisotopic (exact) mass is 287 g/mol. The minimum absolute atomic E-state index is 0.0785. The second-order valence-electron chi connectivity index (χ2n) is 3.49. The molecule has 1 aliphatic heterocycles. The maximum atomic E-state index is 11.4. The van der Waals surface area contributed by atoms with Crippen LogP contribution in [-0.4, -0.2) is 24.8 Å². The Morgan fingerprint density at radius 2 is 1.89 bits per heavy atom. The van der Waals surface area contributed by atoms with Crippen LogP contribution in [0.1, 0.15) is 5.56 Å². The summed E-state index contributed by atoms with van der Waals surface area (Å²) < 4.78 is 31.5. The lowest BCUT2D eigenvalue weighted by molar-refractivity contribution is -0.123. The molecule has 1 heterocycles. The van der Waals surface area contributed by atoms with Crippen molar-refractivity contribution in [2.45, 2.75) is 4.90 Å². The van der Waals surface area contributed by atoms with E-state index < -0.39 is 26.8 Å². The lowest BCUT2D eigenvalue weighted by atomic mass is 10.1. The van der Waals surface area contributed by atoms with Crippen LogP contribution in [-0.2, 0) is 19.7 Å². The fourth-order valence-corrected chi connectivity index (χ4v) is 2.51. The maximum absolute atomic E-state index is 11.4. The van der Waals surface area contributed by atoms with E-state index in [-0.39, 0.29) is 16.2 Å². The van der Waals surface area contributed by atoms with Crippen molar-refractivity contribution in [2.75, 3.05) is 0 Å². The lowest BCUT2D eigenvalue weighted by Gasteiger charge is -2.06. The third-order valence-corrected chi connectivity index (χ3v) is 3.40. The van der Waals surface area contributed by atoms with Crippen LogP contribution in [0.5, 0.6) is 0 Å². The molecule has 0 saturated carbocycles. The Balaban J connectivity index is 2.70. The SMILES string of the molecule is O=C1C=C(c2ccc(Cl)cc2S(=O)(=O)O)C(=O)N1. The molecule has 1 aliphatic rings. The lowest BCUT2D eigenvalue weighted by Crippen LogP contribution is -2.22. The summed E-state index contributed by atoms with van der Waals surface area (Å²) in [6.45, 7) is 0. The van der Waals surface area contributed by atoms with E-state index >= 15 is 0 Å². The summed E-state index contributed by atoms with van der Waals surface area (Å²) >= 11 is 5.63. The Morgan fingerprint density at radius 1 is 1.22 bits per heavy atom. The van der Waals surface area contributed by atoms with Crippen molar-refractivity contribution in [2.24, 2.45) is 0 Å². The number of hydrogen-bond acceptors (Lipinski definition) is 4. The van der Waals surface area contributed by atoms with Crippen molar-refractivity contribution in [3.05, 3.63) is 34.9 Å². The Kier molecular flexibility index (Phi) is 2.97. The van der Waals surface area contributed by atoms with Crippen molar-refractivity contribution in [3.8, 4) is 0 Å². The van der Waals surface area contributed by atoms with Gasteiger partial charge < -0.3 is 0 Å². The molecule has 8 heteroatoms. The first-order valence-corrected chi connectivity index (χ1v) is 6.45.